The third-order valence-corrected chi connectivity index (χ3v) is 10.1. The molecule has 1 aliphatic heterocycles. The Bertz CT molecular complexity index is 2190. The standard InChI is InChI=1S/C37H37N3O19.ClH/c1-16-31(42)22(38)10-26(57-16)58-24-12-37(48,11-21-28(24)35(46)30-29(33(21)44)32(43)20-4-3-5-23(53-2)27(20)34(30)45)25(41)15-55-36(47)17-6-8-18(9-7-17)54-13-19(59-40(51)52)14-56-39(49)50;/h3-9,16,19,22,24,26,31,42,44,46,48H,10-15,38H2,1-2H3;1H/t16-,19?,22-,24-,26-,31+,37-;/m0./s1. The number of methoxy groups -OCH3 is 1. The smallest absolute Gasteiger partial charge is 0.338 e. The number of nitrogens with zero attached hydrogens (tertiary/aromatic N) is 2. The van der Waals surface area contributed by atoms with E-state index in [9.17, 15) is 59.8 Å². The lowest BCUT2D eigenvalue weighted by Crippen LogP contribution is -2.53. The van der Waals surface area contributed by atoms with Crippen LogP contribution in [0.25, 0.3) is 0 Å². The summed E-state index contributed by atoms with van der Waals surface area (Å²) in [5.74, 6) is -5.34. The van der Waals surface area contributed by atoms with Crippen LogP contribution < -0.4 is 15.2 Å². The third kappa shape index (κ3) is 8.88. The molecule has 1 fully saturated rings. The number of esters is 1. The van der Waals surface area contributed by atoms with Crippen LogP contribution in [-0.2, 0) is 35.1 Å². The number of rotatable bonds is 15. The molecule has 3 aromatic carbocycles. The minimum absolute atomic E-state index is 0. The Morgan fingerprint density at radius 3 is 2.32 bits per heavy atom. The van der Waals surface area contributed by atoms with Crippen molar-refractivity contribution < 1.29 is 83.1 Å². The summed E-state index contributed by atoms with van der Waals surface area (Å²) < 4.78 is 27.8. The van der Waals surface area contributed by atoms with Gasteiger partial charge in [0.2, 0.25) is 11.6 Å². The van der Waals surface area contributed by atoms with Crippen LogP contribution in [0.4, 0.5) is 0 Å². The van der Waals surface area contributed by atoms with E-state index < -0.39 is 131 Å². The molecule has 22 nitrogen and oxygen atoms in total. The van der Waals surface area contributed by atoms with Gasteiger partial charge >= 0.3 is 5.97 Å². The second kappa shape index (κ2) is 18.0. The first-order valence-electron chi connectivity index (χ1n) is 17.8. The molecule has 0 radical (unpaired) electrons. The lowest BCUT2D eigenvalue weighted by Gasteiger charge is -2.42. The van der Waals surface area contributed by atoms with Gasteiger partial charge < -0.3 is 59.5 Å². The summed E-state index contributed by atoms with van der Waals surface area (Å²) in [6.45, 7) is -0.862. The molecule has 0 aromatic heterocycles. The highest BCUT2D eigenvalue weighted by Gasteiger charge is 2.50. The molecule has 6 N–H and O–H groups in total. The molecule has 6 rings (SSSR count). The monoisotopic (exact) mass is 863 g/mol. The van der Waals surface area contributed by atoms with Crippen LogP contribution in [0.3, 0.4) is 0 Å². The van der Waals surface area contributed by atoms with Gasteiger partial charge in [0.15, 0.2) is 24.8 Å². The van der Waals surface area contributed by atoms with Crippen molar-refractivity contribution in [3.05, 3.63) is 102 Å². The maximum absolute atomic E-state index is 13.9. The molecule has 0 saturated carbocycles. The van der Waals surface area contributed by atoms with Crippen molar-refractivity contribution >= 4 is 35.7 Å². The molecule has 3 aliphatic rings. The summed E-state index contributed by atoms with van der Waals surface area (Å²) in [5, 5.41) is 64.6. The number of Topliss-reactive ketones (excluding diaryl/α,β-unsaturated/α-hetero) is 1. The zero-order valence-corrected chi connectivity index (χ0v) is 32.4. The van der Waals surface area contributed by atoms with E-state index in [1.807, 2.05) is 0 Å². The third-order valence-electron chi connectivity index (χ3n) is 10.1. The highest BCUT2D eigenvalue weighted by Crippen LogP contribution is 2.52. The van der Waals surface area contributed by atoms with Gasteiger partial charge in [-0.1, -0.05) is 12.1 Å². The van der Waals surface area contributed by atoms with Gasteiger partial charge in [-0.25, -0.2) is 4.79 Å². The number of phenols is 2. The van der Waals surface area contributed by atoms with Crippen molar-refractivity contribution in [1.82, 2.24) is 0 Å². The van der Waals surface area contributed by atoms with E-state index in [1.165, 1.54) is 56.5 Å². The highest BCUT2D eigenvalue weighted by molar-refractivity contribution is 6.31. The van der Waals surface area contributed by atoms with Gasteiger partial charge in [-0.05, 0) is 37.3 Å². The van der Waals surface area contributed by atoms with E-state index in [-0.39, 0.29) is 58.1 Å². The molecule has 7 atom stereocenters. The van der Waals surface area contributed by atoms with Gasteiger partial charge in [-0.2, -0.15) is 0 Å². The van der Waals surface area contributed by atoms with Gasteiger partial charge in [0.25, 0.3) is 10.2 Å². The molecule has 2 aliphatic carbocycles. The van der Waals surface area contributed by atoms with Crippen LogP contribution in [0, 0.1) is 20.2 Å². The first kappa shape index (κ1) is 44.9. The van der Waals surface area contributed by atoms with E-state index in [0.717, 1.165) is 0 Å². The molecule has 3 aromatic rings. The number of aliphatic hydroxyl groups is 2. The molecule has 23 heteroatoms. The number of aliphatic hydroxyl groups excluding tert-OH is 1. The molecule has 0 bridgehead atoms. The van der Waals surface area contributed by atoms with Gasteiger partial charge in [-0.3, -0.25) is 14.4 Å². The summed E-state index contributed by atoms with van der Waals surface area (Å²) in [7, 11) is 1.28. The summed E-state index contributed by atoms with van der Waals surface area (Å²) in [6, 6.07) is 8.30. The minimum Gasteiger partial charge on any atom is -0.507 e. The molecular weight excluding hydrogens is 826 g/mol. The van der Waals surface area contributed by atoms with Gasteiger partial charge in [-0.15, -0.1) is 32.6 Å². The summed E-state index contributed by atoms with van der Waals surface area (Å²) in [5.41, 5.74) is 1.52. The van der Waals surface area contributed by atoms with E-state index in [4.69, 9.17) is 29.4 Å². The molecule has 1 heterocycles. The fraction of sp³-hybridized carbons (Fsp3) is 0.405. The number of halogens is 1. The van der Waals surface area contributed by atoms with Crippen LogP contribution in [0.1, 0.15) is 79.2 Å². The Hall–Kier alpha value is -6.17. The second-order valence-corrected chi connectivity index (χ2v) is 13.9. The van der Waals surface area contributed by atoms with Gasteiger partial charge in [0, 0.05) is 42.0 Å². The SMILES string of the molecule is COc1cccc2c1C(=O)c1c(O)c3c(c(O)c1C2=O)C[C@@](O)(C(=O)COC(=O)c1ccc(OCC(CO[N+](=O)[O-])O[N+](=O)[O-])cc1)C[C@@H]3O[C@H]1C[C@H](N)[C@H](O)[C@H](C)O1.Cl. The zero-order chi connectivity index (χ0) is 42.9. The Labute approximate surface area is 344 Å². The number of phenolic OH excluding ortho intramolecular Hbond substituents is 2. The van der Waals surface area contributed by atoms with E-state index in [2.05, 4.69) is 9.68 Å². The quantitative estimate of drug-likeness (QED) is 0.0489. The number of hydrogen-bond acceptors (Lipinski definition) is 20. The summed E-state index contributed by atoms with van der Waals surface area (Å²) in [6.07, 6.45) is -7.56. The van der Waals surface area contributed by atoms with Crippen molar-refractivity contribution in [3.8, 4) is 23.0 Å². The van der Waals surface area contributed by atoms with Crippen molar-refractivity contribution in [2.75, 3.05) is 26.9 Å². The highest BCUT2D eigenvalue weighted by atomic mass is 35.5. The van der Waals surface area contributed by atoms with E-state index >= 15 is 0 Å². The average molecular weight is 864 g/mol. The summed E-state index contributed by atoms with van der Waals surface area (Å²) in [4.78, 5) is 84.1. The van der Waals surface area contributed by atoms with Crippen LogP contribution in [-0.4, -0.2) is 117 Å². The number of hydrogen-bond donors (Lipinski definition) is 5. The van der Waals surface area contributed by atoms with E-state index in [0.29, 0.717) is 0 Å². The summed E-state index contributed by atoms with van der Waals surface area (Å²) >= 11 is 0. The molecule has 1 unspecified atom stereocenters. The molecule has 0 amide bonds. The Balaban J connectivity index is 0.00000683. The number of aromatic hydroxyl groups is 2. The largest absolute Gasteiger partial charge is 0.507 e. The number of carbonyl (C=O) groups is 4. The molecule has 60 heavy (non-hydrogen) atoms. The lowest BCUT2D eigenvalue weighted by molar-refractivity contribution is -0.790. The average Bonchev–Trinajstić information content (AvgIpc) is 3.19. The zero-order valence-electron chi connectivity index (χ0n) is 31.5. The van der Waals surface area contributed by atoms with Crippen molar-refractivity contribution in [1.29, 1.82) is 0 Å². The van der Waals surface area contributed by atoms with Crippen molar-refractivity contribution in [3.63, 3.8) is 0 Å². The number of fused-ring (bicyclic) bond motifs is 3. The fourth-order valence-electron chi connectivity index (χ4n) is 7.20. The van der Waals surface area contributed by atoms with Crippen LogP contribution in [0.5, 0.6) is 23.0 Å². The van der Waals surface area contributed by atoms with Crippen molar-refractivity contribution in [2.24, 2.45) is 5.73 Å². The first-order chi connectivity index (χ1) is 27.9. The molecule has 322 valence electrons. The predicted octanol–water partition coefficient (Wildman–Crippen LogP) is 1.45. The normalized spacial score (nSPS) is 23.4. The predicted molar refractivity (Wildman–Crippen MR) is 199 cm³/mol. The van der Waals surface area contributed by atoms with E-state index in [1.54, 1.807) is 0 Å². The second-order valence-electron chi connectivity index (χ2n) is 13.9. The number of ether oxygens (including phenoxy) is 5. The molecule has 1 saturated heterocycles. The van der Waals surface area contributed by atoms with Crippen LogP contribution >= 0.6 is 12.4 Å². The number of carbonyl (C=O) groups excluding carboxylic acids is 4. The maximum Gasteiger partial charge on any atom is 0.338 e. The fourth-order valence-corrected chi connectivity index (χ4v) is 7.20. The number of ketones is 3. The minimum atomic E-state index is -2.49. The first-order valence-corrected chi connectivity index (χ1v) is 17.8. The van der Waals surface area contributed by atoms with Crippen molar-refractivity contribution in [2.45, 2.75) is 68.5 Å². The Kier molecular flexibility index (Phi) is 13.5. The van der Waals surface area contributed by atoms with Gasteiger partial charge in [0.05, 0.1) is 47.7 Å². The molecule has 0 spiro atoms. The lowest BCUT2D eigenvalue weighted by atomic mass is 9.72. The topological polar surface area (TPSA) is 326 Å². The van der Waals surface area contributed by atoms with Crippen LogP contribution in [0.15, 0.2) is 42.5 Å². The number of benzene rings is 3. The molecular formula is C37H38ClN3O19. The van der Waals surface area contributed by atoms with Gasteiger partial charge in [0.1, 0.15) is 41.8 Å². The number of nitrogens with two attached hydrogens (primary N) is 1. The van der Waals surface area contributed by atoms with Crippen LogP contribution in [0.2, 0.25) is 0 Å². The Morgan fingerprint density at radius 1 is 1.00 bits per heavy atom. The Morgan fingerprint density at radius 2 is 1.68 bits per heavy atom. The maximum atomic E-state index is 13.9.